The van der Waals surface area contributed by atoms with Gasteiger partial charge in [-0.15, -0.1) is 0 Å². The van der Waals surface area contributed by atoms with Gasteiger partial charge in [-0.2, -0.15) is 0 Å². The highest BCUT2D eigenvalue weighted by atomic mass is 79.9. The number of carbonyl (C=O) groups is 1. The minimum absolute atomic E-state index is 0.0579. The number of nitrogens with zero attached hydrogens (tertiary/aromatic N) is 1. The van der Waals surface area contributed by atoms with Crippen molar-refractivity contribution in [1.82, 2.24) is 4.90 Å². The smallest absolute Gasteiger partial charge is 0.254 e. The molecule has 1 aromatic rings. The van der Waals surface area contributed by atoms with E-state index < -0.39 is 0 Å². The van der Waals surface area contributed by atoms with Crippen molar-refractivity contribution in [2.24, 2.45) is 0 Å². The molecule has 2 N–H and O–H groups in total. The average molecular weight is 299 g/mol. The summed E-state index contributed by atoms with van der Waals surface area (Å²) in [5.74, 6) is 0.0579. The largest absolute Gasteiger partial charge is 0.398 e. The minimum atomic E-state index is 0.0579. The molecule has 1 aromatic carbocycles. The predicted octanol–water partition coefficient (Wildman–Crippen LogP) is 3.29. The van der Waals surface area contributed by atoms with Gasteiger partial charge in [0.05, 0.1) is 0 Å². The molecular formula is C13H19BrN2O. The molecule has 0 spiro atoms. The van der Waals surface area contributed by atoms with Gasteiger partial charge in [0.25, 0.3) is 5.91 Å². The van der Waals surface area contributed by atoms with E-state index in [0.29, 0.717) is 11.3 Å². The normalized spacial score (nSPS) is 12.2. The first-order valence-corrected chi connectivity index (χ1v) is 6.66. The fourth-order valence-corrected chi connectivity index (χ4v) is 2.08. The number of rotatable bonds is 4. The summed E-state index contributed by atoms with van der Waals surface area (Å²) in [7, 11) is 0. The number of nitrogens with two attached hydrogens (primary N) is 1. The molecule has 1 atom stereocenters. The van der Waals surface area contributed by atoms with Gasteiger partial charge in [0.1, 0.15) is 0 Å². The summed E-state index contributed by atoms with van der Waals surface area (Å²) >= 11 is 3.34. The van der Waals surface area contributed by atoms with E-state index in [1.807, 2.05) is 11.8 Å². The second-order valence-electron chi connectivity index (χ2n) is 4.08. The summed E-state index contributed by atoms with van der Waals surface area (Å²) in [6.45, 7) is 6.86. The van der Waals surface area contributed by atoms with Crippen molar-refractivity contribution in [2.45, 2.75) is 33.2 Å². The number of benzene rings is 1. The first kappa shape index (κ1) is 14.0. The summed E-state index contributed by atoms with van der Waals surface area (Å²) in [4.78, 5) is 14.2. The van der Waals surface area contributed by atoms with E-state index in [2.05, 4.69) is 29.8 Å². The van der Waals surface area contributed by atoms with Gasteiger partial charge in [0.2, 0.25) is 0 Å². The molecule has 1 amide bonds. The number of hydrogen-bond acceptors (Lipinski definition) is 2. The summed E-state index contributed by atoms with van der Waals surface area (Å²) < 4.78 is 0.767. The predicted molar refractivity (Wildman–Crippen MR) is 75.0 cm³/mol. The van der Waals surface area contributed by atoms with Gasteiger partial charge >= 0.3 is 0 Å². The Morgan fingerprint density at radius 1 is 1.47 bits per heavy atom. The molecule has 0 saturated carbocycles. The van der Waals surface area contributed by atoms with E-state index in [0.717, 1.165) is 17.4 Å². The van der Waals surface area contributed by atoms with Crippen molar-refractivity contribution in [3.05, 3.63) is 28.2 Å². The standard InChI is InChI=1S/C13H19BrN2O/c1-4-9(3)16(5-2)13(17)10-6-7-12(15)11(14)8-10/h6-9H,4-5,15H2,1-3H3. The van der Waals surface area contributed by atoms with Crippen LogP contribution in [0.4, 0.5) is 5.69 Å². The lowest BCUT2D eigenvalue weighted by Gasteiger charge is -2.27. The lowest BCUT2D eigenvalue weighted by atomic mass is 10.1. The van der Waals surface area contributed by atoms with Gasteiger partial charge in [-0.05, 0) is 54.4 Å². The maximum Gasteiger partial charge on any atom is 0.254 e. The molecule has 94 valence electrons. The monoisotopic (exact) mass is 298 g/mol. The van der Waals surface area contributed by atoms with Crippen LogP contribution in [0, 0.1) is 0 Å². The topological polar surface area (TPSA) is 46.3 Å². The Morgan fingerprint density at radius 3 is 2.59 bits per heavy atom. The highest BCUT2D eigenvalue weighted by Crippen LogP contribution is 2.22. The van der Waals surface area contributed by atoms with Crippen molar-refractivity contribution in [2.75, 3.05) is 12.3 Å². The molecule has 1 rings (SSSR count). The third-order valence-electron chi connectivity index (χ3n) is 2.97. The van der Waals surface area contributed by atoms with E-state index in [4.69, 9.17) is 5.73 Å². The molecule has 0 heterocycles. The van der Waals surface area contributed by atoms with Gasteiger partial charge in [-0.3, -0.25) is 4.79 Å². The molecule has 4 heteroatoms. The molecule has 0 aliphatic carbocycles. The van der Waals surface area contributed by atoms with Crippen molar-refractivity contribution >= 4 is 27.5 Å². The fourth-order valence-electron chi connectivity index (χ4n) is 1.70. The molecule has 0 aliphatic heterocycles. The highest BCUT2D eigenvalue weighted by Gasteiger charge is 2.19. The molecule has 0 saturated heterocycles. The second kappa shape index (κ2) is 6.05. The first-order valence-electron chi connectivity index (χ1n) is 5.87. The number of hydrogen-bond donors (Lipinski definition) is 1. The van der Waals surface area contributed by atoms with Crippen molar-refractivity contribution in [3.8, 4) is 0 Å². The number of amides is 1. The Hall–Kier alpha value is -1.03. The summed E-state index contributed by atoms with van der Waals surface area (Å²) in [6, 6.07) is 5.56. The summed E-state index contributed by atoms with van der Waals surface area (Å²) in [5, 5.41) is 0. The zero-order chi connectivity index (χ0) is 13.0. The third kappa shape index (κ3) is 3.22. The van der Waals surface area contributed by atoms with Crippen LogP contribution in [-0.4, -0.2) is 23.4 Å². The van der Waals surface area contributed by atoms with Crippen LogP contribution >= 0.6 is 15.9 Å². The van der Waals surface area contributed by atoms with Crippen LogP contribution in [0.2, 0.25) is 0 Å². The lowest BCUT2D eigenvalue weighted by molar-refractivity contribution is 0.0700. The van der Waals surface area contributed by atoms with Crippen LogP contribution < -0.4 is 5.73 Å². The van der Waals surface area contributed by atoms with E-state index in [1.165, 1.54) is 0 Å². The van der Waals surface area contributed by atoms with Crippen LogP contribution in [-0.2, 0) is 0 Å². The van der Waals surface area contributed by atoms with Crippen LogP contribution in [0.1, 0.15) is 37.6 Å². The molecule has 0 bridgehead atoms. The van der Waals surface area contributed by atoms with Crippen LogP contribution in [0.5, 0.6) is 0 Å². The molecule has 17 heavy (non-hydrogen) atoms. The SMILES string of the molecule is CCC(C)N(CC)C(=O)c1ccc(N)c(Br)c1. The fraction of sp³-hybridized carbons (Fsp3) is 0.462. The van der Waals surface area contributed by atoms with Crippen LogP contribution in [0.15, 0.2) is 22.7 Å². The Balaban J connectivity index is 2.98. The van der Waals surface area contributed by atoms with E-state index >= 15 is 0 Å². The third-order valence-corrected chi connectivity index (χ3v) is 3.66. The summed E-state index contributed by atoms with van der Waals surface area (Å²) in [5.41, 5.74) is 7.03. The maximum atomic E-state index is 12.3. The Bertz CT molecular complexity index is 406. The molecule has 1 unspecified atom stereocenters. The van der Waals surface area contributed by atoms with Crippen molar-refractivity contribution < 1.29 is 4.79 Å². The van der Waals surface area contributed by atoms with Gasteiger partial charge in [0, 0.05) is 28.3 Å². The highest BCUT2D eigenvalue weighted by molar-refractivity contribution is 9.10. The molecule has 0 fully saturated rings. The van der Waals surface area contributed by atoms with Crippen molar-refractivity contribution in [1.29, 1.82) is 0 Å². The lowest BCUT2D eigenvalue weighted by Crippen LogP contribution is -2.38. The molecule has 0 aromatic heterocycles. The van der Waals surface area contributed by atoms with E-state index in [9.17, 15) is 4.79 Å². The van der Waals surface area contributed by atoms with Gasteiger partial charge in [-0.25, -0.2) is 0 Å². The average Bonchev–Trinajstić information content (AvgIpc) is 2.33. The molecule has 0 aliphatic rings. The number of anilines is 1. The van der Waals surface area contributed by atoms with E-state index in [1.54, 1.807) is 18.2 Å². The first-order chi connectivity index (χ1) is 8.01. The van der Waals surface area contributed by atoms with Gasteiger partial charge in [-0.1, -0.05) is 6.92 Å². The van der Waals surface area contributed by atoms with E-state index in [-0.39, 0.29) is 11.9 Å². The maximum absolute atomic E-state index is 12.3. The zero-order valence-corrected chi connectivity index (χ0v) is 12.1. The second-order valence-corrected chi connectivity index (χ2v) is 4.94. The van der Waals surface area contributed by atoms with Crippen LogP contribution in [0.25, 0.3) is 0 Å². The summed E-state index contributed by atoms with van der Waals surface area (Å²) in [6.07, 6.45) is 0.954. The quantitative estimate of drug-likeness (QED) is 0.867. The number of nitrogen functional groups attached to an aromatic ring is 1. The molecular weight excluding hydrogens is 280 g/mol. The molecule has 3 nitrogen and oxygen atoms in total. The van der Waals surface area contributed by atoms with Crippen LogP contribution in [0.3, 0.4) is 0 Å². The molecule has 0 radical (unpaired) electrons. The number of carbonyl (C=O) groups excluding carboxylic acids is 1. The zero-order valence-electron chi connectivity index (χ0n) is 10.5. The number of halogens is 1. The van der Waals surface area contributed by atoms with Gasteiger partial charge in [0.15, 0.2) is 0 Å². The Kier molecular flexibility index (Phi) is 5.00. The Labute approximate surface area is 111 Å². The minimum Gasteiger partial charge on any atom is -0.398 e. The Morgan fingerprint density at radius 2 is 2.12 bits per heavy atom. The van der Waals surface area contributed by atoms with Gasteiger partial charge < -0.3 is 10.6 Å². The van der Waals surface area contributed by atoms with Crippen molar-refractivity contribution in [3.63, 3.8) is 0 Å².